The molecule has 1 aliphatic heterocycles. The maximum absolute atomic E-state index is 12.6. The van der Waals surface area contributed by atoms with Crippen LogP contribution in [0.1, 0.15) is 32.3 Å². The Bertz CT molecular complexity index is 462. The summed E-state index contributed by atoms with van der Waals surface area (Å²) >= 11 is 0. The maximum atomic E-state index is 12.6. The second kappa shape index (κ2) is 7.05. The smallest absolute Gasteiger partial charge is 0.230 e. The number of amides is 1. The second-order valence-electron chi connectivity index (χ2n) is 6.39. The Balaban J connectivity index is 1.98. The van der Waals surface area contributed by atoms with Gasteiger partial charge in [0.1, 0.15) is 0 Å². The molecule has 1 amide bonds. The molecular weight excluding hydrogens is 264 g/mol. The first kappa shape index (κ1) is 16.0. The Kier molecular flexibility index (Phi) is 5.37. The Labute approximate surface area is 126 Å². The predicted octanol–water partition coefficient (Wildman–Crippen LogP) is 2.19. The molecule has 1 aromatic rings. The van der Waals surface area contributed by atoms with Gasteiger partial charge in [0.2, 0.25) is 5.91 Å². The maximum Gasteiger partial charge on any atom is 0.230 e. The van der Waals surface area contributed by atoms with Gasteiger partial charge in [0, 0.05) is 17.7 Å². The standard InChI is InChI=1S/C17H26N2O2/c1-17(2,14-4-3-10-18-12-14)16(21)19-15-7-5-13(6-8-15)9-11-20/h5-8,14,18,20H,3-4,9-12H2,1-2H3,(H,19,21). The number of hydrogen-bond donors (Lipinski definition) is 3. The number of carbonyl (C=O) groups excluding carboxylic acids is 1. The lowest BCUT2D eigenvalue weighted by Gasteiger charge is -2.36. The molecule has 3 N–H and O–H groups in total. The van der Waals surface area contributed by atoms with Gasteiger partial charge in [-0.05, 0) is 56.0 Å². The molecule has 0 aliphatic carbocycles. The van der Waals surface area contributed by atoms with Gasteiger partial charge >= 0.3 is 0 Å². The SMILES string of the molecule is CC(C)(C(=O)Nc1ccc(CCO)cc1)C1CCCNC1. The van der Waals surface area contributed by atoms with E-state index in [1.165, 1.54) is 0 Å². The quantitative estimate of drug-likeness (QED) is 0.779. The number of rotatable bonds is 5. The molecule has 116 valence electrons. The third kappa shape index (κ3) is 4.05. The highest BCUT2D eigenvalue weighted by molar-refractivity contribution is 5.95. The lowest BCUT2D eigenvalue weighted by Crippen LogP contribution is -2.44. The van der Waals surface area contributed by atoms with Crippen molar-refractivity contribution in [3.63, 3.8) is 0 Å². The van der Waals surface area contributed by atoms with Crippen molar-refractivity contribution < 1.29 is 9.90 Å². The predicted molar refractivity (Wildman–Crippen MR) is 85.2 cm³/mol. The van der Waals surface area contributed by atoms with Crippen LogP contribution in [0.25, 0.3) is 0 Å². The number of nitrogens with one attached hydrogen (secondary N) is 2. The van der Waals surface area contributed by atoms with Gasteiger partial charge in [-0.2, -0.15) is 0 Å². The summed E-state index contributed by atoms with van der Waals surface area (Å²) in [6.07, 6.45) is 2.88. The fourth-order valence-corrected chi connectivity index (χ4v) is 2.83. The van der Waals surface area contributed by atoms with Gasteiger partial charge in [0.15, 0.2) is 0 Å². The summed E-state index contributed by atoms with van der Waals surface area (Å²) in [5.41, 5.74) is 1.52. The van der Waals surface area contributed by atoms with E-state index in [2.05, 4.69) is 10.6 Å². The van der Waals surface area contributed by atoms with Crippen LogP contribution < -0.4 is 10.6 Å². The van der Waals surface area contributed by atoms with Gasteiger partial charge in [-0.3, -0.25) is 4.79 Å². The molecule has 0 saturated carbocycles. The number of piperidine rings is 1. The fourth-order valence-electron chi connectivity index (χ4n) is 2.83. The minimum Gasteiger partial charge on any atom is -0.396 e. The average molecular weight is 290 g/mol. The summed E-state index contributed by atoms with van der Waals surface area (Å²) in [5, 5.41) is 15.3. The van der Waals surface area contributed by atoms with Gasteiger partial charge in [0.05, 0.1) is 0 Å². The molecule has 0 aromatic heterocycles. The molecule has 21 heavy (non-hydrogen) atoms. The molecule has 1 aromatic carbocycles. The second-order valence-corrected chi connectivity index (χ2v) is 6.39. The Morgan fingerprint density at radius 3 is 2.67 bits per heavy atom. The first-order chi connectivity index (χ1) is 10.0. The van der Waals surface area contributed by atoms with Crippen LogP contribution in [0.2, 0.25) is 0 Å². The fraction of sp³-hybridized carbons (Fsp3) is 0.588. The zero-order valence-corrected chi connectivity index (χ0v) is 13.0. The van der Waals surface area contributed by atoms with Crippen LogP contribution >= 0.6 is 0 Å². The molecule has 4 nitrogen and oxygen atoms in total. The van der Waals surface area contributed by atoms with Crippen LogP contribution in [0.3, 0.4) is 0 Å². The van der Waals surface area contributed by atoms with Crippen LogP contribution in [0.4, 0.5) is 5.69 Å². The van der Waals surface area contributed by atoms with Crippen LogP contribution in [0.5, 0.6) is 0 Å². The summed E-state index contributed by atoms with van der Waals surface area (Å²) in [6, 6.07) is 7.69. The van der Waals surface area contributed by atoms with Gasteiger partial charge < -0.3 is 15.7 Å². The van der Waals surface area contributed by atoms with Crippen LogP contribution in [0, 0.1) is 11.3 Å². The molecule has 0 radical (unpaired) electrons. The third-order valence-electron chi connectivity index (χ3n) is 4.51. The molecule has 1 atom stereocenters. The van der Waals surface area contributed by atoms with Crippen LogP contribution in [-0.4, -0.2) is 30.7 Å². The van der Waals surface area contributed by atoms with E-state index in [1.807, 2.05) is 38.1 Å². The van der Waals surface area contributed by atoms with E-state index in [0.717, 1.165) is 37.2 Å². The molecule has 2 rings (SSSR count). The van der Waals surface area contributed by atoms with E-state index in [-0.39, 0.29) is 17.9 Å². The van der Waals surface area contributed by atoms with Gasteiger partial charge in [-0.1, -0.05) is 26.0 Å². The molecule has 0 spiro atoms. The number of hydrogen-bond acceptors (Lipinski definition) is 3. The van der Waals surface area contributed by atoms with Crippen molar-refractivity contribution in [1.29, 1.82) is 0 Å². The summed E-state index contributed by atoms with van der Waals surface area (Å²) in [6.45, 7) is 6.17. The summed E-state index contributed by atoms with van der Waals surface area (Å²) in [4.78, 5) is 12.6. The zero-order chi connectivity index (χ0) is 15.3. The number of anilines is 1. The van der Waals surface area contributed by atoms with Crippen molar-refractivity contribution in [2.75, 3.05) is 25.0 Å². The number of aliphatic hydroxyl groups is 1. The Hall–Kier alpha value is -1.39. The molecule has 1 unspecified atom stereocenters. The van der Waals surface area contributed by atoms with Gasteiger partial charge in [0.25, 0.3) is 0 Å². The van der Waals surface area contributed by atoms with E-state index in [4.69, 9.17) is 5.11 Å². The van der Waals surface area contributed by atoms with Crippen molar-refractivity contribution in [2.24, 2.45) is 11.3 Å². The Morgan fingerprint density at radius 2 is 2.10 bits per heavy atom. The van der Waals surface area contributed by atoms with E-state index in [1.54, 1.807) is 0 Å². The molecule has 0 bridgehead atoms. The minimum absolute atomic E-state index is 0.0751. The van der Waals surface area contributed by atoms with Crippen molar-refractivity contribution in [3.05, 3.63) is 29.8 Å². The van der Waals surface area contributed by atoms with E-state index in [9.17, 15) is 4.79 Å². The zero-order valence-electron chi connectivity index (χ0n) is 13.0. The number of aliphatic hydroxyl groups excluding tert-OH is 1. The minimum atomic E-state index is -0.378. The highest BCUT2D eigenvalue weighted by Crippen LogP contribution is 2.33. The van der Waals surface area contributed by atoms with Crippen LogP contribution in [0.15, 0.2) is 24.3 Å². The number of benzene rings is 1. The van der Waals surface area contributed by atoms with Crippen LogP contribution in [-0.2, 0) is 11.2 Å². The van der Waals surface area contributed by atoms with Gasteiger partial charge in [-0.25, -0.2) is 0 Å². The lowest BCUT2D eigenvalue weighted by molar-refractivity contribution is -0.127. The van der Waals surface area contributed by atoms with E-state index < -0.39 is 0 Å². The summed E-state index contributed by atoms with van der Waals surface area (Å²) in [7, 11) is 0. The molecular formula is C17H26N2O2. The van der Waals surface area contributed by atoms with E-state index in [0.29, 0.717) is 12.3 Å². The van der Waals surface area contributed by atoms with Crippen molar-refractivity contribution in [2.45, 2.75) is 33.1 Å². The Morgan fingerprint density at radius 1 is 1.38 bits per heavy atom. The largest absolute Gasteiger partial charge is 0.396 e. The molecule has 1 fully saturated rings. The van der Waals surface area contributed by atoms with Crippen molar-refractivity contribution >= 4 is 11.6 Å². The van der Waals surface area contributed by atoms with Crippen molar-refractivity contribution in [3.8, 4) is 0 Å². The van der Waals surface area contributed by atoms with Gasteiger partial charge in [-0.15, -0.1) is 0 Å². The normalized spacial score (nSPS) is 19.3. The summed E-state index contributed by atoms with van der Waals surface area (Å²) in [5.74, 6) is 0.450. The van der Waals surface area contributed by atoms with E-state index >= 15 is 0 Å². The average Bonchev–Trinajstić information content (AvgIpc) is 2.50. The first-order valence-corrected chi connectivity index (χ1v) is 7.76. The topological polar surface area (TPSA) is 61.4 Å². The van der Waals surface area contributed by atoms with Crippen molar-refractivity contribution in [1.82, 2.24) is 5.32 Å². The number of carbonyl (C=O) groups is 1. The molecule has 4 heteroatoms. The highest BCUT2D eigenvalue weighted by atomic mass is 16.2. The molecule has 1 saturated heterocycles. The molecule has 1 aliphatic rings. The highest BCUT2D eigenvalue weighted by Gasteiger charge is 2.37. The first-order valence-electron chi connectivity index (χ1n) is 7.76. The summed E-state index contributed by atoms with van der Waals surface area (Å²) < 4.78 is 0. The monoisotopic (exact) mass is 290 g/mol. The molecule has 1 heterocycles. The lowest BCUT2D eigenvalue weighted by atomic mass is 9.74. The third-order valence-corrected chi connectivity index (χ3v) is 4.51.